The molecular formula is C17H21FN2S. The van der Waals surface area contributed by atoms with Gasteiger partial charge in [0.05, 0.1) is 0 Å². The van der Waals surface area contributed by atoms with Crippen LogP contribution in [-0.4, -0.2) is 9.97 Å². The summed E-state index contributed by atoms with van der Waals surface area (Å²) < 4.78 is 13.7. The lowest BCUT2D eigenvalue weighted by molar-refractivity contribution is 0.532. The van der Waals surface area contributed by atoms with Crippen LogP contribution in [0.25, 0.3) is 0 Å². The van der Waals surface area contributed by atoms with E-state index in [0.717, 1.165) is 17.1 Å². The predicted molar refractivity (Wildman–Crippen MR) is 86.6 cm³/mol. The number of hydrogen-bond donors (Lipinski definition) is 1. The number of aromatic amines is 1. The van der Waals surface area contributed by atoms with E-state index in [9.17, 15) is 4.39 Å². The van der Waals surface area contributed by atoms with Crippen LogP contribution in [-0.2, 0) is 10.8 Å². The van der Waals surface area contributed by atoms with E-state index in [1.165, 1.54) is 12.1 Å². The molecule has 0 atom stereocenters. The predicted octanol–water partition coefficient (Wildman–Crippen LogP) is 4.90. The molecule has 1 aromatic carbocycles. The standard InChI is InChI=1S/C17H21FN2S/c1-16(2,3)13-10-14(21)20-15(19-13)17(4,5)11-6-8-12(18)9-7-11/h6-10H,1-5H3,(H,19,20,21). The van der Waals surface area contributed by atoms with Crippen LogP contribution >= 0.6 is 12.2 Å². The molecule has 1 N–H and O–H groups in total. The number of H-pyrrole nitrogens is 1. The topological polar surface area (TPSA) is 28.7 Å². The third-order valence-electron chi connectivity index (χ3n) is 3.71. The molecule has 0 bridgehead atoms. The van der Waals surface area contributed by atoms with E-state index in [2.05, 4.69) is 44.6 Å². The summed E-state index contributed by atoms with van der Waals surface area (Å²) in [5, 5.41) is 0. The Morgan fingerprint density at radius 2 is 1.62 bits per heavy atom. The molecule has 2 aromatic rings. The summed E-state index contributed by atoms with van der Waals surface area (Å²) in [6.45, 7) is 10.5. The molecule has 0 amide bonds. The van der Waals surface area contributed by atoms with Gasteiger partial charge in [-0.05, 0) is 37.6 Å². The maximum absolute atomic E-state index is 13.1. The lowest BCUT2D eigenvalue weighted by Gasteiger charge is -2.27. The van der Waals surface area contributed by atoms with Crippen LogP contribution in [0.1, 0.15) is 51.7 Å². The zero-order valence-electron chi connectivity index (χ0n) is 13.1. The number of hydrogen-bond acceptors (Lipinski definition) is 2. The van der Waals surface area contributed by atoms with Gasteiger partial charge in [-0.1, -0.05) is 45.1 Å². The molecule has 1 aromatic heterocycles. The van der Waals surface area contributed by atoms with E-state index >= 15 is 0 Å². The van der Waals surface area contributed by atoms with Crippen LogP contribution in [0.15, 0.2) is 30.3 Å². The number of benzene rings is 1. The molecule has 0 radical (unpaired) electrons. The molecule has 0 aliphatic heterocycles. The first-order chi connectivity index (χ1) is 9.60. The Kier molecular flexibility index (Phi) is 4.02. The van der Waals surface area contributed by atoms with E-state index in [4.69, 9.17) is 12.2 Å². The van der Waals surface area contributed by atoms with Gasteiger partial charge in [-0.15, -0.1) is 0 Å². The van der Waals surface area contributed by atoms with E-state index in [-0.39, 0.29) is 16.6 Å². The number of aromatic nitrogens is 2. The molecule has 0 aliphatic rings. The van der Waals surface area contributed by atoms with Gasteiger partial charge < -0.3 is 4.98 Å². The zero-order valence-corrected chi connectivity index (χ0v) is 13.9. The summed E-state index contributed by atoms with van der Waals surface area (Å²) in [7, 11) is 0. The summed E-state index contributed by atoms with van der Waals surface area (Å²) in [5.74, 6) is 0.561. The lowest BCUT2D eigenvalue weighted by atomic mass is 9.83. The highest BCUT2D eigenvalue weighted by molar-refractivity contribution is 7.71. The minimum Gasteiger partial charge on any atom is -0.346 e. The van der Waals surface area contributed by atoms with Crippen LogP contribution in [0.3, 0.4) is 0 Å². The van der Waals surface area contributed by atoms with Gasteiger partial charge in [0.2, 0.25) is 0 Å². The quantitative estimate of drug-likeness (QED) is 0.799. The van der Waals surface area contributed by atoms with E-state index in [0.29, 0.717) is 4.64 Å². The molecule has 1 heterocycles. The molecule has 2 nitrogen and oxygen atoms in total. The van der Waals surface area contributed by atoms with Crippen LogP contribution in [0.4, 0.5) is 4.39 Å². The van der Waals surface area contributed by atoms with Crippen LogP contribution in [0.5, 0.6) is 0 Å². The highest BCUT2D eigenvalue weighted by Crippen LogP contribution is 2.30. The van der Waals surface area contributed by atoms with Crippen molar-refractivity contribution < 1.29 is 4.39 Å². The fraction of sp³-hybridized carbons (Fsp3) is 0.412. The number of nitrogens with zero attached hydrogens (tertiary/aromatic N) is 1. The maximum atomic E-state index is 13.1. The Morgan fingerprint density at radius 1 is 1.05 bits per heavy atom. The third kappa shape index (κ3) is 3.38. The van der Waals surface area contributed by atoms with Crippen molar-refractivity contribution in [3.05, 3.63) is 57.9 Å². The Hall–Kier alpha value is -1.55. The summed E-state index contributed by atoms with van der Waals surface area (Å²) >= 11 is 5.30. The highest BCUT2D eigenvalue weighted by Gasteiger charge is 2.27. The smallest absolute Gasteiger partial charge is 0.130 e. The lowest BCUT2D eigenvalue weighted by Crippen LogP contribution is -2.25. The molecule has 21 heavy (non-hydrogen) atoms. The average Bonchev–Trinajstić information content (AvgIpc) is 2.37. The van der Waals surface area contributed by atoms with Gasteiger partial charge in [-0.25, -0.2) is 9.37 Å². The third-order valence-corrected chi connectivity index (χ3v) is 3.92. The number of nitrogens with one attached hydrogen (secondary N) is 1. The highest BCUT2D eigenvalue weighted by atomic mass is 32.1. The second-order valence-corrected chi connectivity index (χ2v) is 7.28. The van der Waals surface area contributed by atoms with Crippen molar-refractivity contribution in [2.24, 2.45) is 0 Å². The van der Waals surface area contributed by atoms with Gasteiger partial charge in [0.1, 0.15) is 16.3 Å². The van der Waals surface area contributed by atoms with Crippen molar-refractivity contribution in [2.45, 2.75) is 45.4 Å². The van der Waals surface area contributed by atoms with Crippen molar-refractivity contribution in [3.8, 4) is 0 Å². The molecule has 2 rings (SSSR count). The Labute approximate surface area is 130 Å². The van der Waals surface area contributed by atoms with Crippen molar-refractivity contribution >= 4 is 12.2 Å². The van der Waals surface area contributed by atoms with Crippen molar-refractivity contribution in [3.63, 3.8) is 0 Å². The number of rotatable bonds is 2. The largest absolute Gasteiger partial charge is 0.346 e. The minimum atomic E-state index is -0.372. The van der Waals surface area contributed by atoms with Crippen molar-refractivity contribution in [2.75, 3.05) is 0 Å². The first-order valence-electron chi connectivity index (χ1n) is 6.99. The minimum absolute atomic E-state index is 0.0376. The molecule has 0 fully saturated rings. The van der Waals surface area contributed by atoms with Gasteiger partial charge in [0.25, 0.3) is 0 Å². The molecule has 4 heteroatoms. The molecule has 112 valence electrons. The first-order valence-corrected chi connectivity index (χ1v) is 7.40. The molecular weight excluding hydrogens is 283 g/mol. The van der Waals surface area contributed by atoms with Crippen molar-refractivity contribution in [1.82, 2.24) is 9.97 Å². The first kappa shape index (κ1) is 15.8. The van der Waals surface area contributed by atoms with Crippen LogP contribution in [0, 0.1) is 10.5 Å². The average molecular weight is 304 g/mol. The van der Waals surface area contributed by atoms with Crippen LogP contribution in [0.2, 0.25) is 0 Å². The van der Waals surface area contributed by atoms with E-state index < -0.39 is 0 Å². The van der Waals surface area contributed by atoms with Gasteiger partial charge >= 0.3 is 0 Å². The Bertz CT molecular complexity index is 694. The zero-order chi connectivity index (χ0) is 15.8. The monoisotopic (exact) mass is 304 g/mol. The summed E-state index contributed by atoms with van der Waals surface area (Å²) in [6.07, 6.45) is 0. The van der Waals surface area contributed by atoms with Gasteiger partial charge in [-0.3, -0.25) is 0 Å². The molecule has 0 saturated carbocycles. The van der Waals surface area contributed by atoms with E-state index in [1.54, 1.807) is 12.1 Å². The summed E-state index contributed by atoms with van der Waals surface area (Å²) in [5.41, 5.74) is 1.63. The second kappa shape index (κ2) is 5.34. The normalized spacial score (nSPS) is 12.5. The van der Waals surface area contributed by atoms with Gasteiger partial charge in [0, 0.05) is 16.5 Å². The summed E-state index contributed by atoms with van der Waals surface area (Å²) in [6, 6.07) is 8.42. The van der Waals surface area contributed by atoms with E-state index in [1.807, 2.05) is 6.07 Å². The Balaban J connectivity index is 2.57. The van der Waals surface area contributed by atoms with Gasteiger partial charge in [0.15, 0.2) is 0 Å². The maximum Gasteiger partial charge on any atom is 0.130 e. The SMILES string of the molecule is CC(C)(C)c1cc(=S)nc(C(C)(C)c2ccc(F)cc2)[nH]1. The second-order valence-electron chi connectivity index (χ2n) is 6.86. The molecule has 0 saturated heterocycles. The summed E-state index contributed by atoms with van der Waals surface area (Å²) in [4.78, 5) is 7.89. The number of halogens is 1. The fourth-order valence-electron chi connectivity index (χ4n) is 2.16. The molecule has 0 aliphatic carbocycles. The molecule has 0 spiro atoms. The van der Waals surface area contributed by atoms with Gasteiger partial charge in [-0.2, -0.15) is 0 Å². The van der Waals surface area contributed by atoms with Crippen molar-refractivity contribution in [1.29, 1.82) is 0 Å². The van der Waals surface area contributed by atoms with Crippen LogP contribution < -0.4 is 0 Å². The fourth-order valence-corrected chi connectivity index (χ4v) is 2.37. The Morgan fingerprint density at radius 3 is 2.14 bits per heavy atom. The molecule has 0 unspecified atom stereocenters.